The van der Waals surface area contributed by atoms with Crippen LogP contribution in [0.2, 0.25) is 5.02 Å². The first-order chi connectivity index (χ1) is 20.8. The Hall–Kier alpha value is -3.82. The molecule has 0 radical (unpaired) electrons. The van der Waals surface area contributed by atoms with Gasteiger partial charge in [0.2, 0.25) is 4.80 Å². The number of rotatable bonds is 7. The average Bonchev–Trinajstić information content (AvgIpc) is 3.49. The summed E-state index contributed by atoms with van der Waals surface area (Å²) in [4.78, 5) is 60.0. The van der Waals surface area contributed by atoms with Gasteiger partial charge in [0.15, 0.2) is 5.84 Å². The minimum absolute atomic E-state index is 0.00184. The number of halogens is 2. The van der Waals surface area contributed by atoms with E-state index in [0.29, 0.717) is 22.8 Å². The van der Waals surface area contributed by atoms with Crippen LogP contribution in [-0.2, 0) is 27.4 Å². The third-order valence-electron chi connectivity index (χ3n) is 7.10. The van der Waals surface area contributed by atoms with E-state index in [1.165, 1.54) is 31.5 Å². The summed E-state index contributed by atoms with van der Waals surface area (Å²) in [5.41, 5.74) is -0.593. The molecule has 2 aliphatic rings. The van der Waals surface area contributed by atoms with E-state index in [9.17, 15) is 23.6 Å². The molecule has 12 nitrogen and oxygen atoms in total. The van der Waals surface area contributed by atoms with Crippen molar-refractivity contribution in [3.8, 4) is 0 Å². The van der Waals surface area contributed by atoms with Crippen molar-refractivity contribution in [1.82, 2.24) is 19.7 Å². The second-order valence-electron chi connectivity index (χ2n) is 10.2. The van der Waals surface area contributed by atoms with Crippen LogP contribution in [0.5, 0.6) is 0 Å². The normalized spacial score (nSPS) is 17.8. The fourth-order valence-corrected chi connectivity index (χ4v) is 6.23. The number of nitrogens with one attached hydrogen (secondary N) is 1. The predicted molar refractivity (Wildman–Crippen MR) is 164 cm³/mol. The van der Waals surface area contributed by atoms with Crippen molar-refractivity contribution in [2.24, 2.45) is 15.9 Å². The lowest BCUT2D eigenvalue weighted by atomic mass is 9.89. The molecule has 0 spiro atoms. The van der Waals surface area contributed by atoms with Crippen LogP contribution in [-0.4, -0.2) is 61.5 Å². The van der Waals surface area contributed by atoms with E-state index >= 15 is 0 Å². The molecule has 1 aromatic carbocycles. The van der Waals surface area contributed by atoms with E-state index in [-0.39, 0.29) is 50.3 Å². The Balaban J connectivity index is 0.000000209. The number of amidine groups is 1. The number of thioether (sulfide) groups is 1. The Bertz CT molecular complexity index is 1770. The van der Waals surface area contributed by atoms with E-state index in [4.69, 9.17) is 16.7 Å². The number of aromatic carboxylic acids is 1. The topological polar surface area (TPSA) is 157 Å². The Morgan fingerprint density at radius 1 is 1.27 bits per heavy atom. The number of carboxylic acids is 1. The molecule has 3 aromatic rings. The van der Waals surface area contributed by atoms with Crippen molar-refractivity contribution in [2.75, 3.05) is 12.9 Å². The van der Waals surface area contributed by atoms with E-state index in [2.05, 4.69) is 25.0 Å². The van der Waals surface area contributed by atoms with Gasteiger partial charge in [0.05, 0.1) is 23.4 Å². The molecule has 234 valence electrons. The molecule has 1 atom stereocenters. The predicted octanol–water partition coefficient (Wildman–Crippen LogP) is 3.87. The molecule has 0 bridgehead atoms. The largest absolute Gasteiger partial charge is 0.478 e. The SMILES string of the molecule is CC(C)C1(C)N=C(c2ncccc2C(=O)O)NC1=O.COC(=O)CSc1cc(/N=c2\sc(=O)n3n2CCCC3)c(F)cc1Cl. The molecule has 0 saturated carbocycles. The van der Waals surface area contributed by atoms with Crippen LogP contribution < -0.4 is 15.0 Å². The molecule has 2 aliphatic heterocycles. The number of methoxy groups -OCH3 is 1. The zero-order valence-electron chi connectivity index (χ0n) is 24.3. The van der Waals surface area contributed by atoms with Crippen LogP contribution in [0.4, 0.5) is 10.1 Å². The van der Waals surface area contributed by atoms with Crippen LogP contribution in [0.25, 0.3) is 0 Å². The van der Waals surface area contributed by atoms with Crippen LogP contribution in [0.1, 0.15) is 49.7 Å². The van der Waals surface area contributed by atoms with Gasteiger partial charge in [-0.15, -0.1) is 11.8 Å². The third-order valence-corrected chi connectivity index (χ3v) is 9.43. The number of hydrogen-bond donors (Lipinski definition) is 2. The molecule has 0 aliphatic carbocycles. The van der Waals surface area contributed by atoms with Gasteiger partial charge in [-0.05, 0) is 61.3 Å². The highest BCUT2D eigenvalue weighted by Crippen LogP contribution is 2.33. The van der Waals surface area contributed by atoms with Crippen molar-refractivity contribution in [2.45, 2.75) is 57.1 Å². The Morgan fingerprint density at radius 2 is 1.98 bits per heavy atom. The molecule has 16 heteroatoms. The number of nitrogens with zero attached hydrogens (tertiary/aromatic N) is 5. The van der Waals surface area contributed by atoms with Crippen LogP contribution >= 0.6 is 34.7 Å². The van der Waals surface area contributed by atoms with Gasteiger partial charge in [0.25, 0.3) is 5.91 Å². The molecule has 2 N–H and O–H groups in total. The number of ether oxygens (including phenoxy) is 1. The number of pyridine rings is 1. The van der Waals surface area contributed by atoms with E-state index in [1.54, 1.807) is 16.3 Å². The van der Waals surface area contributed by atoms with Crippen molar-refractivity contribution < 1.29 is 28.6 Å². The van der Waals surface area contributed by atoms with Crippen LogP contribution in [0, 0.1) is 11.7 Å². The number of carboxylic acid groups (broad SMARTS) is 1. The number of hydrogen-bond acceptors (Lipinski definition) is 10. The van der Waals surface area contributed by atoms with Gasteiger partial charge in [-0.2, -0.15) is 0 Å². The zero-order valence-corrected chi connectivity index (χ0v) is 26.7. The molecule has 5 rings (SSSR count). The molecule has 1 amide bonds. The standard InChI is InChI=1S/C15H15ClFN3O3S2.C13H15N3O3/c1-23-13(21)8-24-12-7-11(10(17)6-9(12)16)18-14-19-4-2-3-5-20(19)15(22)25-14;1-7(2)13(3)12(19)15-10(16-13)9-8(11(17)18)5-4-6-14-9/h6-7H,2-5,8H2,1H3;4-7H,1-3H3,(H,17,18)(H,15,16,19)/b18-14-;. The van der Waals surface area contributed by atoms with Crippen molar-refractivity contribution in [3.05, 3.63) is 67.0 Å². The lowest BCUT2D eigenvalue weighted by molar-refractivity contribution is -0.137. The summed E-state index contributed by atoms with van der Waals surface area (Å²) in [6.07, 6.45) is 3.37. The van der Waals surface area contributed by atoms with Crippen LogP contribution in [0.3, 0.4) is 0 Å². The summed E-state index contributed by atoms with van der Waals surface area (Å²) >= 11 is 8.17. The summed E-state index contributed by atoms with van der Waals surface area (Å²) in [6.45, 7) is 6.83. The fourth-order valence-electron chi connectivity index (χ4n) is 4.25. The van der Waals surface area contributed by atoms with Gasteiger partial charge in [0, 0.05) is 24.2 Å². The van der Waals surface area contributed by atoms with Crippen LogP contribution in [0.15, 0.2) is 50.1 Å². The number of benzene rings is 1. The molecule has 0 saturated heterocycles. The number of amides is 1. The number of aliphatic imine (C=N–C) groups is 1. The second-order valence-corrected chi connectivity index (χ2v) is 12.6. The highest BCUT2D eigenvalue weighted by molar-refractivity contribution is 8.00. The first kappa shape index (κ1) is 33.1. The number of carbonyl (C=O) groups excluding carboxylic acids is 2. The van der Waals surface area contributed by atoms with E-state index in [0.717, 1.165) is 42.0 Å². The maximum Gasteiger partial charge on any atom is 0.338 e. The summed E-state index contributed by atoms with van der Waals surface area (Å²) < 4.78 is 22.3. The van der Waals surface area contributed by atoms with E-state index < -0.39 is 23.3 Å². The molecule has 2 aromatic heterocycles. The summed E-state index contributed by atoms with van der Waals surface area (Å²) in [5, 5.41) is 11.9. The maximum absolute atomic E-state index is 14.3. The van der Waals surface area contributed by atoms with Gasteiger partial charge in [-0.1, -0.05) is 25.4 Å². The molecular formula is C28H30ClFN6O6S2. The van der Waals surface area contributed by atoms with Gasteiger partial charge in [-0.25, -0.2) is 23.9 Å². The van der Waals surface area contributed by atoms with Crippen molar-refractivity contribution in [1.29, 1.82) is 0 Å². The number of carbonyl (C=O) groups is 3. The summed E-state index contributed by atoms with van der Waals surface area (Å²) in [6, 6.07) is 5.61. The molecular weight excluding hydrogens is 635 g/mol. The van der Waals surface area contributed by atoms with Gasteiger partial charge >= 0.3 is 16.8 Å². The zero-order chi connectivity index (χ0) is 32.2. The smallest absolute Gasteiger partial charge is 0.338 e. The second kappa shape index (κ2) is 13.9. The molecule has 44 heavy (non-hydrogen) atoms. The maximum atomic E-state index is 14.3. The number of aromatic nitrogens is 3. The van der Waals surface area contributed by atoms with Crippen molar-refractivity contribution in [3.63, 3.8) is 0 Å². The lowest BCUT2D eigenvalue weighted by Gasteiger charge is -2.21. The Kier molecular flexibility index (Phi) is 10.4. The number of esters is 1. The summed E-state index contributed by atoms with van der Waals surface area (Å²) in [7, 11) is 1.30. The minimum Gasteiger partial charge on any atom is -0.478 e. The molecule has 4 heterocycles. The quantitative estimate of drug-likeness (QED) is 0.285. The average molecular weight is 665 g/mol. The van der Waals surface area contributed by atoms with E-state index in [1.807, 2.05) is 13.8 Å². The van der Waals surface area contributed by atoms with Gasteiger partial charge in [-0.3, -0.25) is 24.0 Å². The van der Waals surface area contributed by atoms with Crippen molar-refractivity contribution >= 4 is 64.1 Å². The Labute approximate surface area is 264 Å². The lowest BCUT2D eigenvalue weighted by Crippen LogP contribution is -2.41. The molecule has 1 unspecified atom stereocenters. The fraction of sp³-hybridized carbons (Fsp3) is 0.393. The minimum atomic E-state index is -1.10. The van der Waals surface area contributed by atoms with Gasteiger partial charge < -0.3 is 15.2 Å². The first-order valence-electron chi connectivity index (χ1n) is 13.5. The highest BCUT2D eigenvalue weighted by Gasteiger charge is 2.43. The highest BCUT2D eigenvalue weighted by atomic mass is 35.5. The Morgan fingerprint density at radius 3 is 2.61 bits per heavy atom. The first-order valence-corrected chi connectivity index (χ1v) is 15.7. The monoisotopic (exact) mass is 664 g/mol. The van der Waals surface area contributed by atoms with Gasteiger partial charge in [0.1, 0.15) is 22.7 Å². The number of fused-ring (bicyclic) bond motifs is 1. The third kappa shape index (κ3) is 7.11. The molecule has 0 fully saturated rings. The summed E-state index contributed by atoms with van der Waals surface area (Å²) in [5.74, 6) is -2.04.